The molecule has 2 aromatic heterocycles. The smallest absolute Gasteiger partial charge is 0.332 e. The van der Waals surface area contributed by atoms with Gasteiger partial charge >= 0.3 is 5.69 Å². The lowest BCUT2D eigenvalue weighted by Crippen LogP contribution is -2.37. The van der Waals surface area contributed by atoms with Gasteiger partial charge in [0, 0.05) is 39.3 Å². The van der Waals surface area contributed by atoms with Gasteiger partial charge in [0.1, 0.15) is 5.75 Å². The van der Waals surface area contributed by atoms with E-state index in [-0.39, 0.29) is 11.2 Å². The first-order valence-electron chi connectivity index (χ1n) is 10.2. The second kappa shape index (κ2) is 7.46. The summed E-state index contributed by atoms with van der Waals surface area (Å²) >= 11 is 0. The van der Waals surface area contributed by atoms with Crippen molar-refractivity contribution in [2.24, 2.45) is 14.1 Å². The van der Waals surface area contributed by atoms with Crippen molar-refractivity contribution >= 4 is 22.8 Å². The summed E-state index contributed by atoms with van der Waals surface area (Å²) in [5, 5.41) is 0. The quantitative estimate of drug-likeness (QED) is 0.498. The number of hydrogen-bond acceptors (Lipinski definition) is 5. The monoisotopic (exact) mass is 417 g/mol. The van der Waals surface area contributed by atoms with Gasteiger partial charge in [-0.1, -0.05) is 30.3 Å². The molecule has 2 aromatic carbocycles. The van der Waals surface area contributed by atoms with Crippen molar-refractivity contribution in [1.29, 1.82) is 0 Å². The van der Waals surface area contributed by atoms with Gasteiger partial charge in [-0.3, -0.25) is 13.9 Å². The van der Waals surface area contributed by atoms with Gasteiger partial charge in [-0.05, 0) is 29.8 Å². The van der Waals surface area contributed by atoms with Crippen molar-refractivity contribution in [3.8, 4) is 5.75 Å². The number of aryl methyl sites for hydroxylation is 1. The molecule has 0 saturated carbocycles. The van der Waals surface area contributed by atoms with Gasteiger partial charge < -0.3 is 14.2 Å². The molecule has 0 N–H and O–H groups in total. The summed E-state index contributed by atoms with van der Waals surface area (Å²) in [6, 6.07) is 18.1. The fourth-order valence-electron chi connectivity index (χ4n) is 4.05. The highest BCUT2D eigenvalue weighted by molar-refractivity contribution is 5.77. The Labute approximate surface area is 178 Å². The Bertz CT molecular complexity index is 1370. The van der Waals surface area contributed by atoms with Gasteiger partial charge in [0.15, 0.2) is 11.2 Å². The minimum absolute atomic E-state index is 0.319. The molecule has 8 nitrogen and oxygen atoms in total. The minimum Gasteiger partial charge on any atom is -0.493 e. The lowest BCUT2D eigenvalue weighted by Gasteiger charge is -2.16. The standard InChI is InChI=1S/C23H23N5O3/c1-25-20-19(21(29)26(2)23(25)30)28-14-13-27(22(28)24-20)17-8-10-18(11-9-17)31-15-12-16-6-4-3-5-7-16/h3-11H,12-15H2,1-2H3. The molecule has 0 saturated heterocycles. The molecule has 1 aliphatic rings. The zero-order valence-electron chi connectivity index (χ0n) is 17.5. The molecule has 0 aliphatic carbocycles. The zero-order valence-corrected chi connectivity index (χ0v) is 17.5. The lowest BCUT2D eigenvalue weighted by atomic mass is 10.2. The third kappa shape index (κ3) is 3.20. The predicted molar refractivity (Wildman–Crippen MR) is 119 cm³/mol. The molecule has 3 heterocycles. The van der Waals surface area contributed by atoms with Crippen molar-refractivity contribution in [2.45, 2.75) is 13.0 Å². The third-order valence-corrected chi connectivity index (χ3v) is 5.77. The van der Waals surface area contributed by atoms with E-state index in [0.29, 0.717) is 36.8 Å². The molecule has 0 radical (unpaired) electrons. The van der Waals surface area contributed by atoms with E-state index in [9.17, 15) is 9.59 Å². The van der Waals surface area contributed by atoms with Gasteiger partial charge in [0.25, 0.3) is 5.56 Å². The van der Waals surface area contributed by atoms with Crippen LogP contribution in [0.3, 0.4) is 0 Å². The van der Waals surface area contributed by atoms with Crippen LogP contribution in [0.25, 0.3) is 11.2 Å². The Morgan fingerprint density at radius 3 is 2.42 bits per heavy atom. The maximum absolute atomic E-state index is 12.7. The highest BCUT2D eigenvalue weighted by atomic mass is 16.5. The zero-order chi connectivity index (χ0) is 21.5. The van der Waals surface area contributed by atoms with Gasteiger partial charge in [0.05, 0.1) is 6.61 Å². The van der Waals surface area contributed by atoms with Crippen LogP contribution in [0.15, 0.2) is 64.2 Å². The molecule has 5 rings (SSSR count). The molecule has 158 valence electrons. The summed E-state index contributed by atoms with van der Waals surface area (Å²) < 4.78 is 10.3. The average Bonchev–Trinajstić information content (AvgIpc) is 3.37. The Hall–Kier alpha value is -3.81. The number of fused-ring (bicyclic) bond motifs is 3. The maximum Gasteiger partial charge on any atom is 0.332 e. The molecular weight excluding hydrogens is 394 g/mol. The fourth-order valence-corrected chi connectivity index (χ4v) is 4.05. The number of imidazole rings is 1. The van der Waals surface area contributed by atoms with Crippen molar-refractivity contribution < 1.29 is 4.74 Å². The first-order valence-corrected chi connectivity index (χ1v) is 10.2. The molecule has 0 amide bonds. The van der Waals surface area contributed by atoms with Gasteiger partial charge in [0.2, 0.25) is 5.95 Å². The number of ether oxygens (including phenoxy) is 1. The number of anilines is 2. The highest BCUT2D eigenvalue weighted by Gasteiger charge is 2.28. The average molecular weight is 417 g/mol. The fraction of sp³-hybridized carbons (Fsp3) is 0.261. The van der Waals surface area contributed by atoms with E-state index in [1.54, 1.807) is 7.05 Å². The van der Waals surface area contributed by atoms with Crippen LogP contribution in [-0.4, -0.2) is 31.8 Å². The Morgan fingerprint density at radius 2 is 1.68 bits per heavy atom. The van der Waals surface area contributed by atoms with Crippen molar-refractivity contribution in [3.63, 3.8) is 0 Å². The first kappa shape index (κ1) is 19.2. The molecule has 0 fully saturated rings. The summed E-state index contributed by atoms with van der Waals surface area (Å²) in [6.07, 6.45) is 0.854. The van der Waals surface area contributed by atoms with Crippen LogP contribution < -0.4 is 20.9 Å². The van der Waals surface area contributed by atoms with Crippen LogP contribution in [0.4, 0.5) is 11.6 Å². The van der Waals surface area contributed by atoms with E-state index < -0.39 is 0 Å². The Balaban J connectivity index is 1.38. The van der Waals surface area contributed by atoms with E-state index >= 15 is 0 Å². The Kier molecular flexibility index (Phi) is 4.62. The van der Waals surface area contributed by atoms with E-state index in [0.717, 1.165) is 22.4 Å². The topological polar surface area (TPSA) is 74.3 Å². The SMILES string of the molecule is Cn1c(=O)c2c(nc3n2CCN3c2ccc(OCCc3ccccc3)cc2)n(C)c1=O. The molecule has 1 aliphatic heterocycles. The molecule has 8 heteroatoms. The van der Waals surface area contributed by atoms with E-state index in [1.807, 2.05) is 47.0 Å². The van der Waals surface area contributed by atoms with Crippen molar-refractivity contribution in [1.82, 2.24) is 18.7 Å². The maximum atomic E-state index is 12.7. The number of nitrogens with zero attached hydrogens (tertiary/aromatic N) is 5. The normalized spacial score (nSPS) is 13.0. The van der Waals surface area contributed by atoms with Crippen LogP contribution >= 0.6 is 0 Å². The second-order valence-electron chi connectivity index (χ2n) is 7.67. The molecule has 0 atom stereocenters. The van der Waals surface area contributed by atoms with Crippen LogP contribution in [0.1, 0.15) is 5.56 Å². The Morgan fingerprint density at radius 1 is 0.935 bits per heavy atom. The second-order valence-corrected chi connectivity index (χ2v) is 7.67. The minimum atomic E-state index is -0.377. The lowest BCUT2D eigenvalue weighted by molar-refractivity contribution is 0.322. The summed E-state index contributed by atoms with van der Waals surface area (Å²) in [5.74, 6) is 1.48. The van der Waals surface area contributed by atoms with Gasteiger partial charge in [-0.25, -0.2) is 4.79 Å². The molecule has 0 spiro atoms. The third-order valence-electron chi connectivity index (χ3n) is 5.77. The van der Waals surface area contributed by atoms with Crippen molar-refractivity contribution in [3.05, 3.63) is 81.0 Å². The van der Waals surface area contributed by atoms with Crippen molar-refractivity contribution in [2.75, 3.05) is 18.1 Å². The molecule has 4 aromatic rings. The molecular formula is C23H23N5O3. The van der Waals surface area contributed by atoms with E-state index in [1.165, 1.54) is 17.2 Å². The van der Waals surface area contributed by atoms with Crippen LogP contribution in [-0.2, 0) is 27.1 Å². The molecule has 0 unspecified atom stereocenters. The van der Waals surface area contributed by atoms with Gasteiger partial charge in [-0.2, -0.15) is 4.98 Å². The summed E-state index contributed by atoms with van der Waals surface area (Å²) in [7, 11) is 3.13. The molecule has 0 bridgehead atoms. The number of hydrogen-bond donors (Lipinski definition) is 0. The van der Waals surface area contributed by atoms with Gasteiger partial charge in [-0.15, -0.1) is 0 Å². The number of aromatic nitrogens is 4. The first-order chi connectivity index (χ1) is 15.0. The summed E-state index contributed by atoms with van der Waals surface area (Å²) in [4.78, 5) is 31.6. The summed E-state index contributed by atoms with van der Waals surface area (Å²) in [6.45, 7) is 1.95. The number of rotatable bonds is 5. The van der Waals surface area contributed by atoms with Crippen LogP contribution in [0, 0.1) is 0 Å². The molecule has 31 heavy (non-hydrogen) atoms. The van der Waals surface area contributed by atoms with Crippen LogP contribution in [0.5, 0.6) is 5.75 Å². The van der Waals surface area contributed by atoms with E-state index in [4.69, 9.17) is 4.74 Å². The predicted octanol–water partition coefficient (Wildman–Crippen LogP) is 2.21. The van der Waals surface area contributed by atoms with E-state index in [2.05, 4.69) is 22.0 Å². The highest BCUT2D eigenvalue weighted by Crippen LogP contribution is 2.32. The largest absolute Gasteiger partial charge is 0.493 e. The summed E-state index contributed by atoms with van der Waals surface area (Å²) in [5.41, 5.74) is 2.39. The number of benzene rings is 2. The van der Waals surface area contributed by atoms with Crippen LogP contribution in [0.2, 0.25) is 0 Å².